The Morgan fingerprint density at radius 1 is 0.600 bits per heavy atom. The average molecular weight is 1030 g/mol. The summed E-state index contributed by atoms with van der Waals surface area (Å²) >= 11 is 0. The van der Waals surface area contributed by atoms with Crippen molar-refractivity contribution in [1.82, 2.24) is 15.0 Å². The first kappa shape index (κ1) is 29.2. The molecule has 7 heteroatoms. The van der Waals surface area contributed by atoms with Crippen LogP contribution in [0.25, 0.3) is 66.8 Å². The second kappa shape index (κ2) is 19.6. The molecule has 314 valence electrons. The van der Waals surface area contributed by atoms with E-state index in [9.17, 15) is 16.2 Å². The number of halogens is 1. The van der Waals surface area contributed by atoms with Crippen molar-refractivity contribution in [3.8, 4) is 51.0 Å². The van der Waals surface area contributed by atoms with Crippen LogP contribution in [0.3, 0.4) is 0 Å². The number of hydrogen-bond acceptors (Lipinski definition) is 5. The molecule has 0 saturated carbocycles. The van der Waals surface area contributed by atoms with Crippen LogP contribution < -0.4 is 0 Å². The molecular weight excluding hydrogens is 980 g/mol. The molecule has 65 heavy (non-hydrogen) atoms. The molecule has 6 aromatic carbocycles. The van der Waals surface area contributed by atoms with Crippen LogP contribution in [-0.2, 0) is 58.4 Å². The van der Waals surface area contributed by atoms with Crippen LogP contribution in [-0.4, -0.2) is 15.0 Å². The van der Waals surface area contributed by atoms with Crippen molar-refractivity contribution in [3.05, 3.63) is 233 Å². The van der Waals surface area contributed by atoms with E-state index >= 15 is 4.39 Å². The van der Waals surface area contributed by atoms with Gasteiger partial charge in [0.1, 0.15) is 11.4 Å². The first-order valence-electron chi connectivity index (χ1n) is 27.1. The zero-order chi connectivity index (χ0) is 55.6. The van der Waals surface area contributed by atoms with Crippen molar-refractivity contribution in [2.45, 2.75) is 38.3 Å². The van der Waals surface area contributed by atoms with Crippen LogP contribution in [0.15, 0.2) is 175 Å². The summed E-state index contributed by atoms with van der Waals surface area (Å²) in [6.45, 7) is 0. The van der Waals surface area contributed by atoms with E-state index in [4.69, 9.17) is 12.6 Å². The maximum atomic E-state index is 16.8. The zero-order valence-electron chi connectivity index (χ0n) is 48.0. The van der Waals surface area contributed by atoms with Gasteiger partial charge in [-0.15, -0.1) is 90.0 Å². The average Bonchev–Trinajstić information content (AvgIpc) is 4.00. The molecule has 0 amide bonds. The van der Waals surface area contributed by atoms with Gasteiger partial charge >= 0.3 is 20.1 Å². The Morgan fingerprint density at radius 3 is 1.78 bits per heavy atom. The number of furan rings is 1. The summed E-state index contributed by atoms with van der Waals surface area (Å²) in [5.74, 6) is -1.26. The monoisotopic (exact) mass is 1030 g/mol. The summed E-state index contributed by atoms with van der Waals surface area (Å²) in [6.07, 6.45) is -7.88. The first-order valence-corrected chi connectivity index (χ1v) is 20.1. The van der Waals surface area contributed by atoms with E-state index < -0.39 is 72.6 Å². The van der Waals surface area contributed by atoms with Gasteiger partial charge < -0.3 is 19.4 Å². The summed E-state index contributed by atoms with van der Waals surface area (Å²) in [7, 11) is 0. The number of aromatic nitrogens is 3. The molecule has 0 spiro atoms. The number of hydrogen-bond donors (Lipinski definition) is 0. The van der Waals surface area contributed by atoms with Gasteiger partial charge in [0.15, 0.2) is 0 Å². The summed E-state index contributed by atoms with van der Waals surface area (Å²) in [5, 5.41) is 10.7. The normalized spacial score (nSPS) is 15.1. The predicted octanol–water partition coefficient (Wildman–Crippen LogP) is 13.2. The third kappa shape index (κ3) is 9.47. The fourth-order valence-electron chi connectivity index (χ4n) is 7.23. The summed E-state index contributed by atoms with van der Waals surface area (Å²) in [4.78, 5) is 13.4. The Kier molecular flexibility index (Phi) is 8.78. The molecule has 0 fully saturated rings. The third-order valence-electron chi connectivity index (χ3n) is 10.4. The molecule has 0 bridgehead atoms. The molecule has 4 aromatic heterocycles. The number of nitrogens with zero attached hydrogens (tertiary/aromatic N) is 4. The van der Waals surface area contributed by atoms with E-state index in [0.717, 1.165) is 35.5 Å². The fourth-order valence-corrected chi connectivity index (χ4v) is 7.23. The van der Waals surface area contributed by atoms with Crippen molar-refractivity contribution >= 4 is 21.9 Å². The Balaban J connectivity index is 0.00000757. The molecular formula is C58H40FIrN4O. The van der Waals surface area contributed by atoms with E-state index in [2.05, 4.69) is 33.2 Å². The van der Waals surface area contributed by atoms with Crippen molar-refractivity contribution in [2.75, 3.05) is 0 Å². The van der Waals surface area contributed by atoms with Gasteiger partial charge in [0.2, 0.25) is 0 Å². The molecule has 0 N–H and O–H groups in total. The van der Waals surface area contributed by atoms with E-state index in [-0.39, 0.29) is 100 Å². The van der Waals surface area contributed by atoms with Gasteiger partial charge in [-0.25, -0.2) is 4.39 Å². The Morgan fingerprint density at radius 2 is 1.22 bits per heavy atom. The zero-order valence-corrected chi connectivity index (χ0v) is 36.4. The van der Waals surface area contributed by atoms with Crippen LogP contribution >= 0.6 is 0 Å². The van der Waals surface area contributed by atoms with E-state index in [0.29, 0.717) is 22.5 Å². The van der Waals surface area contributed by atoms with Gasteiger partial charge in [0.05, 0.1) is 25.4 Å². The number of rotatable bonds is 13. The molecule has 0 aliphatic carbocycles. The molecule has 0 unspecified atom stereocenters. The van der Waals surface area contributed by atoms with Gasteiger partial charge in [-0.05, 0) is 101 Å². The van der Waals surface area contributed by atoms with Crippen LogP contribution in [0.1, 0.15) is 58.1 Å². The standard InChI is InChI=1S/C58H40FN4O.Ir/c59-52-34-55(51-18-10-17-49-50-28-27-47(35-60)56(58(50)64-57(49)51)46-15-8-3-9-16-46)63-38-48(52)26-23-43-32-41(21-19-39-24-29-53(61-36-39)44-11-4-1-5-12-44)31-42(33-43)22-20-40-25-30-54(62-37-40)45-13-6-2-7-14-45;/h1-11,13,15-17,24-25,27-34,36-38H,19-23,26H2;/q-3;+3/i3D,8D,9D,15D,16D,21D2,22D2,23D2,26D2,27D;. The number of fused-ring (bicyclic) bond motifs is 3. The SMILES string of the molecule is [2H]c1cc2c(oc3c(-c4cc(F)c(C([2H])([2H])C([2H])([2H])c5cc(C([2H])([2H])Cc6ccc(-c7[c-]cccc7)nc6)cc(C([2H])([2H])Cc6ccc(-c7[c-]cccc7)nc6)c5)cn4)[c-]ccc32)c(-c2c([2H])c([2H])c([2H])c([2H])c2[2H])c1C#N.[Ir+3]. The van der Waals surface area contributed by atoms with Crippen LogP contribution in [0, 0.1) is 35.3 Å². The molecule has 0 aliphatic rings. The Hall–Kier alpha value is -7.36. The molecule has 10 aromatic rings. The molecule has 0 atom stereocenters. The minimum Gasteiger partial charge on any atom is -0.500 e. The Labute approximate surface area is 411 Å². The fraction of sp³-hybridized carbons (Fsp3) is 0.103. The summed E-state index contributed by atoms with van der Waals surface area (Å²) in [6, 6.07) is 37.3. The largest absolute Gasteiger partial charge is 3.00 e. The van der Waals surface area contributed by atoms with Gasteiger partial charge in [-0.3, -0.25) is 0 Å². The third-order valence-corrected chi connectivity index (χ3v) is 10.4. The van der Waals surface area contributed by atoms with Crippen molar-refractivity contribution in [3.63, 3.8) is 0 Å². The second-order valence-corrected chi connectivity index (χ2v) is 14.6. The van der Waals surface area contributed by atoms with Gasteiger partial charge in [-0.1, -0.05) is 89.7 Å². The van der Waals surface area contributed by atoms with E-state index in [1.54, 1.807) is 42.5 Å². The van der Waals surface area contributed by atoms with Crippen molar-refractivity contribution in [1.29, 1.82) is 5.26 Å². The number of benzene rings is 6. The Bertz CT molecular complexity index is 3880. The van der Waals surface area contributed by atoms with Crippen LogP contribution in [0.5, 0.6) is 0 Å². The van der Waals surface area contributed by atoms with Crippen LogP contribution in [0.2, 0.25) is 0 Å². The summed E-state index contributed by atoms with van der Waals surface area (Å²) < 4.78 is 149. The topological polar surface area (TPSA) is 75.6 Å². The van der Waals surface area contributed by atoms with Gasteiger partial charge in [0, 0.05) is 46.1 Å². The van der Waals surface area contributed by atoms with E-state index in [1.807, 2.05) is 42.5 Å². The molecule has 5 nitrogen and oxygen atoms in total. The van der Waals surface area contributed by atoms with Gasteiger partial charge in [0.25, 0.3) is 0 Å². The van der Waals surface area contributed by atoms with Crippen LogP contribution in [0.4, 0.5) is 4.39 Å². The number of aryl methyl sites for hydroxylation is 6. The molecule has 10 rings (SSSR count). The second-order valence-electron chi connectivity index (χ2n) is 14.6. The predicted molar refractivity (Wildman–Crippen MR) is 252 cm³/mol. The molecule has 0 aliphatic heterocycles. The molecule has 0 radical (unpaired) electrons. The van der Waals surface area contributed by atoms with Gasteiger partial charge in [-0.2, -0.15) is 5.26 Å². The van der Waals surface area contributed by atoms with Crippen molar-refractivity contribution < 1.29 is 48.1 Å². The summed E-state index contributed by atoms with van der Waals surface area (Å²) in [5.41, 5.74) is 0.606. The number of nitriles is 1. The minimum absolute atomic E-state index is 0. The number of pyridine rings is 3. The minimum atomic E-state index is -3.27. The van der Waals surface area contributed by atoms with E-state index in [1.165, 1.54) is 30.6 Å². The van der Waals surface area contributed by atoms with Crippen molar-refractivity contribution in [2.24, 2.45) is 0 Å². The maximum Gasteiger partial charge on any atom is 3.00 e. The maximum absolute atomic E-state index is 16.8. The smallest absolute Gasteiger partial charge is 0.500 e. The quantitative estimate of drug-likeness (QED) is 0.108. The molecule has 0 saturated heterocycles. The molecule has 4 heterocycles. The first-order chi connectivity index (χ1) is 37.0.